The molecule has 0 radical (unpaired) electrons. The van der Waals surface area contributed by atoms with Crippen LogP contribution in [0, 0.1) is 5.41 Å². The predicted molar refractivity (Wildman–Crippen MR) is 98.1 cm³/mol. The Morgan fingerprint density at radius 3 is 2.48 bits per heavy atom. The van der Waals surface area contributed by atoms with Crippen molar-refractivity contribution in [3.63, 3.8) is 0 Å². The molecule has 25 heavy (non-hydrogen) atoms. The molecule has 0 saturated carbocycles. The van der Waals surface area contributed by atoms with E-state index in [-0.39, 0.29) is 23.5 Å². The number of aromatic nitrogens is 2. The zero-order chi connectivity index (χ0) is 18.2. The minimum atomic E-state index is -3.05. The zero-order valence-electron chi connectivity index (χ0n) is 14.7. The maximum absolute atomic E-state index is 12.4. The van der Waals surface area contributed by atoms with Crippen LogP contribution in [0.4, 0.5) is 5.82 Å². The predicted octanol–water partition coefficient (Wildman–Crippen LogP) is 2.89. The lowest BCUT2D eigenvalue weighted by Crippen LogP contribution is -2.29. The van der Waals surface area contributed by atoms with Gasteiger partial charge >= 0.3 is 0 Å². The first-order chi connectivity index (χ1) is 11.7. The molecule has 3 rings (SSSR count). The van der Waals surface area contributed by atoms with Gasteiger partial charge in [-0.05, 0) is 6.42 Å². The summed E-state index contributed by atoms with van der Waals surface area (Å²) in [4.78, 5) is 12.4. The van der Waals surface area contributed by atoms with E-state index in [0.717, 1.165) is 5.56 Å². The number of rotatable bonds is 3. The molecule has 1 aliphatic heterocycles. The molecule has 134 valence electrons. The summed E-state index contributed by atoms with van der Waals surface area (Å²) in [5.74, 6) is 0.626. The fourth-order valence-electron chi connectivity index (χ4n) is 2.79. The van der Waals surface area contributed by atoms with E-state index in [2.05, 4.69) is 10.4 Å². The van der Waals surface area contributed by atoms with Gasteiger partial charge in [-0.1, -0.05) is 51.1 Å². The molecule has 1 atom stereocenters. The maximum atomic E-state index is 12.4. The van der Waals surface area contributed by atoms with Gasteiger partial charge in [0, 0.05) is 17.0 Å². The van der Waals surface area contributed by atoms with Gasteiger partial charge in [0.1, 0.15) is 5.82 Å². The average Bonchev–Trinajstić information content (AvgIpc) is 3.10. The molecule has 0 aliphatic carbocycles. The maximum Gasteiger partial charge on any atom is 0.230 e. The molecule has 1 aromatic carbocycles. The molecule has 1 amide bonds. The van der Waals surface area contributed by atoms with E-state index in [1.54, 1.807) is 4.68 Å². The van der Waals surface area contributed by atoms with Gasteiger partial charge in [0.15, 0.2) is 9.84 Å². The highest BCUT2D eigenvalue weighted by Crippen LogP contribution is 2.31. The molecule has 2 heterocycles. The van der Waals surface area contributed by atoms with E-state index in [1.165, 1.54) is 0 Å². The van der Waals surface area contributed by atoms with Crippen molar-refractivity contribution in [1.29, 1.82) is 0 Å². The summed E-state index contributed by atoms with van der Waals surface area (Å²) in [5, 5.41) is 7.51. The molecule has 1 aromatic heterocycles. The molecular weight excluding hydrogens is 338 g/mol. The van der Waals surface area contributed by atoms with Crippen LogP contribution < -0.4 is 5.32 Å². The SMILES string of the molecule is CC(C)(C)C(=O)Nc1cc(-c2ccccc2)nn1[C@H]1CCS(=O)(=O)C1. The number of benzene rings is 1. The summed E-state index contributed by atoms with van der Waals surface area (Å²) in [7, 11) is -3.05. The fraction of sp³-hybridized carbons (Fsp3) is 0.444. The van der Waals surface area contributed by atoms with Gasteiger partial charge in [0.2, 0.25) is 5.91 Å². The summed E-state index contributed by atoms with van der Waals surface area (Å²) in [6.07, 6.45) is 0.511. The van der Waals surface area contributed by atoms with Crippen LogP contribution >= 0.6 is 0 Å². The van der Waals surface area contributed by atoms with Crippen molar-refractivity contribution in [3.05, 3.63) is 36.4 Å². The lowest BCUT2D eigenvalue weighted by Gasteiger charge is -2.19. The van der Waals surface area contributed by atoms with E-state index in [0.29, 0.717) is 17.9 Å². The highest BCUT2D eigenvalue weighted by atomic mass is 32.2. The quantitative estimate of drug-likeness (QED) is 0.911. The Hall–Kier alpha value is -2.15. The normalized spacial score (nSPS) is 19.7. The van der Waals surface area contributed by atoms with Gasteiger partial charge in [0.25, 0.3) is 0 Å². The molecule has 0 unspecified atom stereocenters. The molecule has 0 spiro atoms. The van der Waals surface area contributed by atoms with Gasteiger partial charge in [-0.25, -0.2) is 13.1 Å². The highest BCUT2D eigenvalue weighted by molar-refractivity contribution is 7.91. The van der Waals surface area contributed by atoms with E-state index >= 15 is 0 Å². The molecule has 7 heteroatoms. The van der Waals surface area contributed by atoms with Crippen molar-refractivity contribution in [3.8, 4) is 11.3 Å². The summed E-state index contributed by atoms with van der Waals surface area (Å²) in [6, 6.07) is 11.2. The van der Waals surface area contributed by atoms with Crippen LogP contribution in [0.1, 0.15) is 33.2 Å². The second kappa shape index (κ2) is 6.29. The van der Waals surface area contributed by atoms with Crippen LogP contribution in [0.25, 0.3) is 11.3 Å². The summed E-state index contributed by atoms with van der Waals surface area (Å²) in [6.45, 7) is 5.50. The van der Waals surface area contributed by atoms with Crippen LogP contribution in [0.2, 0.25) is 0 Å². The number of hydrogen-bond acceptors (Lipinski definition) is 4. The summed E-state index contributed by atoms with van der Waals surface area (Å²) < 4.78 is 25.4. The molecule has 0 bridgehead atoms. The molecule has 1 saturated heterocycles. The van der Waals surface area contributed by atoms with E-state index in [9.17, 15) is 13.2 Å². The minimum Gasteiger partial charge on any atom is -0.310 e. The van der Waals surface area contributed by atoms with Gasteiger partial charge < -0.3 is 5.32 Å². The third kappa shape index (κ3) is 3.92. The van der Waals surface area contributed by atoms with Crippen LogP contribution in [0.3, 0.4) is 0 Å². The first-order valence-electron chi connectivity index (χ1n) is 8.32. The Kier molecular flexibility index (Phi) is 4.45. The van der Waals surface area contributed by atoms with Crippen molar-refractivity contribution >= 4 is 21.6 Å². The average molecular weight is 361 g/mol. The summed E-state index contributed by atoms with van der Waals surface area (Å²) in [5.41, 5.74) is 1.09. The molecule has 6 nitrogen and oxygen atoms in total. The van der Waals surface area contributed by atoms with E-state index < -0.39 is 15.3 Å². The third-order valence-electron chi connectivity index (χ3n) is 4.28. The van der Waals surface area contributed by atoms with Crippen molar-refractivity contribution in [2.75, 3.05) is 16.8 Å². The number of sulfone groups is 1. The number of nitrogens with one attached hydrogen (secondary N) is 1. The van der Waals surface area contributed by atoms with E-state index in [1.807, 2.05) is 57.2 Å². The molecule has 1 fully saturated rings. The second-order valence-electron chi connectivity index (χ2n) is 7.49. The Morgan fingerprint density at radius 1 is 1.24 bits per heavy atom. The number of anilines is 1. The Labute approximate surface area is 148 Å². The van der Waals surface area contributed by atoms with Crippen molar-refractivity contribution in [1.82, 2.24) is 9.78 Å². The van der Waals surface area contributed by atoms with Crippen molar-refractivity contribution < 1.29 is 13.2 Å². The zero-order valence-corrected chi connectivity index (χ0v) is 15.5. The molecular formula is C18H23N3O3S. The molecule has 1 N–H and O–H groups in total. The molecule has 1 aliphatic rings. The Balaban J connectivity index is 1.99. The molecule has 2 aromatic rings. The number of carbonyl (C=O) groups excluding carboxylic acids is 1. The Morgan fingerprint density at radius 2 is 1.92 bits per heavy atom. The smallest absolute Gasteiger partial charge is 0.230 e. The van der Waals surface area contributed by atoms with Crippen LogP contribution in [-0.2, 0) is 14.6 Å². The van der Waals surface area contributed by atoms with Crippen molar-refractivity contribution in [2.24, 2.45) is 5.41 Å². The number of amides is 1. The number of nitrogens with zero attached hydrogens (tertiary/aromatic N) is 2. The number of carbonyl (C=O) groups is 1. The van der Waals surface area contributed by atoms with Crippen LogP contribution in [-0.4, -0.2) is 35.6 Å². The highest BCUT2D eigenvalue weighted by Gasteiger charge is 2.32. The van der Waals surface area contributed by atoms with Crippen LogP contribution in [0.15, 0.2) is 36.4 Å². The second-order valence-corrected chi connectivity index (χ2v) is 9.72. The van der Waals surface area contributed by atoms with Gasteiger partial charge in [0.05, 0.1) is 23.2 Å². The van der Waals surface area contributed by atoms with Crippen molar-refractivity contribution in [2.45, 2.75) is 33.2 Å². The first kappa shape index (κ1) is 17.7. The Bertz CT molecular complexity index is 880. The van der Waals surface area contributed by atoms with Gasteiger partial charge in [-0.15, -0.1) is 0 Å². The standard InChI is InChI=1S/C18H23N3O3S/c1-18(2,3)17(22)19-16-11-15(13-7-5-4-6-8-13)20-21(16)14-9-10-25(23,24)12-14/h4-8,11,14H,9-10,12H2,1-3H3,(H,19,22)/t14-/m0/s1. The van der Waals surface area contributed by atoms with Gasteiger partial charge in [-0.3, -0.25) is 4.79 Å². The number of hydrogen-bond donors (Lipinski definition) is 1. The van der Waals surface area contributed by atoms with Crippen LogP contribution in [0.5, 0.6) is 0 Å². The van der Waals surface area contributed by atoms with Gasteiger partial charge in [-0.2, -0.15) is 5.10 Å². The third-order valence-corrected chi connectivity index (χ3v) is 6.03. The lowest BCUT2D eigenvalue weighted by molar-refractivity contribution is -0.123. The lowest BCUT2D eigenvalue weighted by atomic mass is 9.96. The monoisotopic (exact) mass is 361 g/mol. The van der Waals surface area contributed by atoms with E-state index in [4.69, 9.17) is 0 Å². The topological polar surface area (TPSA) is 81.1 Å². The summed E-state index contributed by atoms with van der Waals surface area (Å²) >= 11 is 0. The minimum absolute atomic E-state index is 0.0568. The largest absolute Gasteiger partial charge is 0.310 e. The first-order valence-corrected chi connectivity index (χ1v) is 10.1. The fourth-order valence-corrected chi connectivity index (χ4v) is 4.48.